The molecule has 0 atom stereocenters. The molecule has 1 N–H and O–H groups in total. The molecule has 0 spiro atoms. The van der Waals surface area contributed by atoms with Crippen LogP contribution in [0, 0.1) is 6.92 Å². The number of furan rings is 2. The number of carbonyl (C=O) groups excluding carboxylic acids is 1. The second-order valence-corrected chi connectivity index (χ2v) is 5.68. The van der Waals surface area contributed by atoms with Crippen LogP contribution in [0.2, 0.25) is 10.0 Å². The van der Waals surface area contributed by atoms with Crippen molar-refractivity contribution in [3.05, 3.63) is 69.8 Å². The number of nitrogens with zero attached hydrogens (tertiary/aromatic N) is 1. The summed E-state index contributed by atoms with van der Waals surface area (Å²) in [6, 6.07) is 10.3. The van der Waals surface area contributed by atoms with E-state index in [1.807, 2.05) is 0 Å². The van der Waals surface area contributed by atoms with Gasteiger partial charge in [-0.3, -0.25) is 4.79 Å². The van der Waals surface area contributed by atoms with Crippen LogP contribution in [0.25, 0.3) is 11.3 Å². The van der Waals surface area contributed by atoms with Crippen molar-refractivity contribution in [3.63, 3.8) is 0 Å². The SMILES string of the molecule is Cc1occc1C(=O)N/N=C\c1ccc(-c2cccc(Cl)c2Cl)o1. The first-order valence-electron chi connectivity index (χ1n) is 6.98. The number of hydrazone groups is 1. The average molecular weight is 363 g/mol. The van der Waals surface area contributed by atoms with Crippen molar-refractivity contribution in [2.24, 2.45) is 5.10 Å². The zero-order valence-corrected chi connectivity index (χ0v) is 14.1. The number of hydrogen-bond acceptors (Lipinski definition) is 4. The Labute approximate surface area is 147 Å². The van der Waals surface area contributed by atoms with Crippen LogP contribution in [0.4, 0.5) is 0 Å². The van der Waals surface area contributed by atoms with Gasteiger partial charge in [0.25, 0.3) is 5.91 Å². The summed E-state index contributed by atoms with van der Waals surface area (Å²) in [4.78, 5) is 11.9. The predicted octanol–water partition coefficient (Wildman–Crippen LogP) is 4.92. The lowest BCUT2D eigenvalue weighted by molar-refractivity contribution is 0.0953. The molecule has 3 aromatic rings. The lowest BCUT2D eigenvalue weighted by atomic mass is 10.2. The molecule has 0 aliphatic heterocycles. The Kier molecular flexibility index (Phi) is 4.74. The van der Waals surface area contributed by atoms with Gasteiger partial charge in [0.15, 0.2) is 0 Å². The molecular formula is C17H12Cl2N2O3. The zero-order valence-electron chi connectivity index (χ0n) is 12.5. The van der Waals surface area contributed by atoms with E-state index in [0.717, 1.165) is 0 Å². The Hall–Kier alpha value is -2.50. The smallest absolute Gasteiger partial charge is 0.274 e. The molecule has 2 aromatic heterocycles. The standard InChI is InChI=1S/C17H12Cl2N2O3/c1-10-12(7-8-23-10)17(22)21-20-9-11-5-6-15(24-11)13-3-2-4-14(18)16(13)19/h2-9H,1H3,(H,21,22)/b20-9-. The van der Waals surface area contributed by atoms with Crippen molar-refractivity contribution < 1.29 is 13.6 Å². The molecule has 0 saturated heterocycles. The molecule has 0 fully saturated rings. The van der Waals surface area contributed by atoms with E-state index < -0.39 is 0 Å². The van der Waals surface area contributed by atoms with Gasteiger partial charge in [-0.05, 0) is 37.3 Å². The Balaban J connectivity index is 1.71. The number of amides is 1. The Morgan fingerprint density at radius 3 is 2.79 bits per heavy atom. The summed E-state index contributed by atoms with van der Waals surface area (Å²) in [5.41, 5.74) is 3.52. The van der Waals surface area contributed by atoms with Gasteiger partial charge in [-0.1, -0.05) is 29.3 Å². The largest absolute Gasteiger partial charge is 0.469 e. The predicted molar refractivity (Wildman–Crippen MR) is 92.7 cm³/mol. The lowest BCUT2D eigenvalue weighted by Crippen LogP contribution is -2.17. The van der Waals surface area contributed by atoms with Crippen LogP contribution in [-0.4, -0.2) is 12.1 Å². The quantitative estimate of drug-likeness (QED) is 0.529. The van der Waals surface area contributed by atoms with Gasteiger partial charge in [0.1, 0.15) is 17.3 Å². The minimum Gasteiger partial charge on any atom is -0.469 e. The van der Waals surface area contributed by atoms with E-state index in [1.54, 1.807) is 43.3 Å². The second kappa shape index (κ2) is 6.95. The van der Waals surface area contributed by atoms with Gasteiger partial charge < -0.3 is 8.83 Å². The van der Waals surface area contributed by atoms with Crippen LogP contribution in [-0.2, 0) is 0 Å². The van der Waals surface area contributed by atoms with Crippen LogP contribution in [0.1, 0.15) is 21.9 Å². The fourth-order valence-electron chi connectivity index (χ4n) is 2.10. The highest BCUT2D eigenvalue weighted by Crippen LogP contribution is 2.34. The van der Waals surface area contributed by atoms with E-state index in [9.17, 15) is 4.79 Å². The second-order valence-electron chi connectivity index (χ2n) is 4.89. The average Bonchev–Trinajstić information content (AvgIpc) is 3.19. The zero-order chi connectivity index (χ0) is 17.1. The first-order chi connectivity index (χ1) is 11.6. The summed E-state index contributed by atoms with van der Waals surface area (Å²) in [5.74, 6) is 1.19. The molecule has 2 heterocycles. The molecule has 7 heteroatoms. The third kappa shape index (κ3) is 3.37. The van der Waals surface area contributed by atoms with Crippen molar-refractivity contribution in [2.75, 3.05) is 0 Å². The first-order valence-corrected chi connectivity index (χ1v) is 7.73. The number of carbonyl (C=O) groups is 1. The van der Waals surface area contributed by atoms with E-state index in [2.05, 4.69) is 10.5 Å². The van der Waals surface area contributed by atoms with Crippen LogP contribution >= 0.6 is 23.2 Å². The van der Waals surface area contributed by atoms with Gasteiger partial charge >= 0.3 is 0 Å². The monoisotopic (exact) mass is 362 g/mol. The molecule has 3 rings (SSSR count). The van der Waals surface area contributed by atoms with E-state index in [1.165, 1.54) is 12.5 Å². The van der Waals surface area contributed by atoms with Gasteiger partial charge in [0.05, 0.1) is 28.1 Å². The van der Waals surface area contributed by atoms with Crippen molar-refractivity contribution in [1.82, 2.24) is 5.43 Å². The van der Waals surface area contributed by atoms with Gasteiger partial charge in [-0.2, -0.15) is 5.10 Å². The molecule has 0 radical (unpaired) electrons. The Morgan fingerprint density at radius 2 is 2.04 bits per heavy atom. The fraction of sp³-hybridized carbons (Fsp3) is 0.0588. The summed E-state index contributed by atoms with van der Waals surface area (Å²) in [5, 5.41) is 4.73. The number of aryl methyl sites for hydroxylation is 1. The summed E-state index contributed by atoms with van der Waals surface area (Å²) in [6.45, 7) is 1.70. The highest BCUT2D eigenvalue weighted by molar-refractivity contribution is 6.43. The third-order valence-corrected chi connectivity index (χ3v) is 4.12. The summed E-state index contributed by atoms with van der Waals surface area (Å²) < 4.78 is 10.7. The maximum Gasteiger partial charge on any atom is 0.274 e. The number of rotatable bonds is 4. The highest BCUT2D eigenvalue weighted by atomic mass is 35.5. The van der Waals surface area contributed by atoms with Crippen LogP contribution < -0.4 is 5.43 Å². The van der Waals surface area contributed by atoms with Crippen molar-refractivity contribution >= 4 is 35.3 Å². The summed E-state index contributed by atoms with van der Waals surface area (Å²) >= 11 is 12.2. The molecule has 1 aromatic carbocycles. The topological polar surface area (TPSA) is 67.7 Å². The van der Waals surface area contributed by atoms with Crippen LogP contribution in [0.5, 0.6) is 0 Å². The number of benzene rings is 1. The Morgan fingerprint density at radius 1 is 1.21 bits per heavy atom. The molecule has 0 aliphatic rings. The number of halogens is 2. The number of nitrogens with one attached hydrogen (secondary N) is 1. The third-order valence-electron chi connectivity index (χ3n) is 3.31. The van der Waals surface area contributed by atoms with E-state index in [-0.39, 0.29) is 5.91 Å². The van der Waals surface area contributed by atoms with Gasteiger partial charge in [0.2, 0.25) is 0 Å². The minimum atomic E-state index is -0.359. The van der Waals surface area contributed by atoms with Gasteiger partial charge in [0, 0.05) is 5.56 Å². The molecule has 24 heavy (non-hydrogen) atoms. The van der Waals surface area contributed by atoms with Crippen molar-refractivity contribution in [2.45, 2.75) is 6.92 Å². The van der Waals surface area contributed by atoms with Crippen molar-refractivity contribution in [3.8, 4) is 11.3 Å². The molecule has 122 valence electrons. The molecule has 0 unspecified atom stereocenters. The van der Waals surface area contributed by atoms with E-state index in [4.69, 9.17) is 32.0 Å². The first kappa shape index (κ1) is 16.4. The highest BCUT2D eigenvalue weighted by Gasteiger charge is 2.11. The van der Waals surface area contributed by atoms with E-state index in [0.29, 0.717) is 38.5 Å². The van der Waals surface area contributed by atoms with Crippen LogP contribution in [0.15, 0.2) is 56.6 Å². The molecular weight excluding hydrogens is 351 g/mol. The van der Waals surface area contributed by atoms with E-state index >= 15 is 0 Å². The fourth-order valence-corrected chi connectivity index (χ4v) is 2.49. The summed E-state index contributed by atoms with van der Waals surface area (Å²) in [6.07, 6.45) is 2.84. The van der Waals surface area contributed by atoms with Gasteiger partial charge in [-0.15, -0.1) is 0 Å². The Bertz CT molecular complexity index is 912. The molecule has 1 amide bonds. The van der Waals surface area contributed by atoms with Gasteiger partial charge in [-0.25, -0.2) is 5.43 Å². The summed E-state index contributed by atoms with van der Waals surface area (Å²) in [7, 11) is 0. The maximum absolute atomic E-state index is 11.9. The lowest BCUT2D eigenvalue weighted by Gasteiger charge is -2.01. The molecule has 5 nitrogen and oxygen atoms in total. The molecule has 0 aliphatic carbocycles. The normalized spacial score (nSPS) is 11.1. The minimum absolute atomic E-state index is 0.359. The maximum atomic E-state index is 11.9. The number of hydrogen-bond donors (Lipinski definition) is 1. The van der Waals surface area contributed by atoms with Crippen LogP contribution in [0.3, 0.4) is 0 Å². The van der Waals surface area contributed by atoms with Crippen molar-refractivity contribution in [1.29, 1.82) is 0 Å². The molecule has 0 saturated carbocycles. The molecule has 0 bridgehead atoms.